The molecular formula is C13H9F3N4S2. The van der Waals surface area contributed by atoms with Crippen LogP contribution in [0.2, 0.25) is 0 Å². The van der Waals surface area contributed by atoms with Crippen molar-refractivity contribution in [2.75, 3.05) is 6.26 Å². The fourth-order valence-corrected chi connectivity index (χ4v) is 2.60. The number of rotatable bonds is 2. The fourth-order valence-electron chi connectivity index (χ4n) is 1.56. The molecule has 1 aromatic carbocycles. The minimum Gasteiger partial charge on any atom is -0.271 e. The van der Waals surface area contributed by atoms with E-state index in [1.54, 1.807) is 36.7 Å². The normalized spacial score (nSPS) is 12.0. The molecular weight excluding hydrogens is 333 g/mol. The highest BCUT2D eigenvalue weighted by molar-refractivity contribution is 8.13. The van der Waals surface area contributed by atoms with Gasteiger partial charge in [-0.25, -0.2) is 9.98 Å². The van der Waals surface area contributed by atoms with Crippen LogP contribution in [-0.2, 0) is 6.18 Å². The number of nitrogens with one attached hydrogen (secondary N) is 1. The molecule has 0 saturated carbocycles. The number of aromatic nitrogens is 1. The Morgan fingerprint density at radius 3 is 2.82 bits per heavy atom. The molecule has 114 valence electrons. The molecule has 9 heteroatoms. The average Bonchev–Trinajstić information content (AvgIpc) is 2.97. The van der Waals surface area contributed by atoms with Gasteiger partial charge in [0.1, 0.15) is 0 Å². The molecule has 1 aromatic heterocycles. The van der Waals surface area contributed by atoms with Crippen LogP contribution >= 0.6 is 23.1 Å². The molecule has 2 aromatic rings. The van der Waals surface area contributed by atoms with Gasteiger partial charge in [0.2, 0.25) is 0 Å². The van der Waals surface area contributed by atoms with Crippen LogP contribution in [-0.4, -0.2) is 16.4 Å². The number of amidine groups is 1. The number of thioether (sulfide) groups is 1. The lowest BCUT2D eigenvalue weighted by Crippen LogP contribution is -2.12. The van der Waals surface area contributed by atoms with E-state index in [1.165, 1.54) is 17.1 Å². The quantitative estimate of drug-likeness (QED) is 0.384. The molecule has 0 fully saturated rings. The molecule has 0 aliphatic carbocycles. The van der Waals surface area contributed by atoms with Crippen molar-refractivity contribution in [1.29, 1.82) is 5.26 Å². The number of hydrogen-bond donors (Lipinski definition) is 1. The maximum atomic E-state index is 12.6. The van der Waals surface area contributed by atoms with Gasteiger partial charge < -0.3 is 0 Å². The van der Waals surface area contributed by atoms with E-state index in [-0.39, 0.29) is 5.69 Å². The van der Waals surface area contributed by atoms with Crippen molar-refractivity contribution in [2.24, 2.45) is 4.99 Å². The number of aliphatic imine (C=N–C) groups is 1. The molecule has 0 spiro atoms. The number of halogens is 3. The number of hydrogen-bond acceptors (Lipinski definition) is 5. The predicted octanol–water partition coefficient (Wildman–Crippen LogP) is 4.25. The third-order valence-corrected chi connectivity index (χ3v) is 3.94. The number of alkyl halides is 3. The Morgan fingerprint density at radius 2 is 2.23 bits per heavy atom. The van der Waals surface area contributed by atoms with Crippen molar-refractivity contribution in [3.05, 3.63) is 34.7 Å². The van der Waals surface area contributed by atoms with Crippen LogP contribution in [0.3, 0.4) is 0 Å². The van der Waals surface area contributed by atoms with Crippen molar-refractivity contribution in [2.45, 2.75) is 6.18 Å². The molecule has 0 radical (unpaired) electrons. The smallest absolute Gasteiger partial charge is 0.271 e. The topological polar surface area (TPSA) is 61.1 Å². The number of benzene rings is 1. The lowest BCUT2D eigenvalue weighted by atomic mass is 10.1. The van der Waals surface area contributed by atoms with Crippen LogP contribution in [0.4, 0.5) is 18.9 Å². The van der Waals surface area contributed by atoms with Crippen molar-refractivity contribution < 1.29 is 13.2 Å². The highest BCUT2D eigenvalue weighted by Crippen LogP contribution is 2.34. The highest BCUT2D eigenvalue weighted by Gasteiger charge is 2.34. The van der Waals surface area contributed by atoms with E-state index in [1.807, 2.05) is 0 Å². The summed E-state index contributed by atoms with van der Waals surface area (Å²) in [6.07, 6.45) is -0.922. The first kappa shape index (κ1) is 16.3. The zero-order valence-corrected chi connectivity index (χ0v) is 12.8. The number of nitrogens with zero attached hydrogens (tertiary/aromatic N) is 3. The summed E-state index contributed by atoms with van der Waals surface area (Å²) >= 11 is 1.80. The van der Waals surface area contributed by atoms with Crippen molar-refractivity contribution in [3.8, 4) is 17.5 Å². The molecule has 0 atom stereocenters. The summed E-state index contributed by atoms with van der Waals surface area (Å²) in [6, 6.07) is 6.64. The Balaban J connectivity index is 2.33. The Labute approximate surface area is 132 Å². The van der Waals surface area contributed by atoms with E-state index in [9.17, 15) is 13.2 Å². The molecule has 4 nitrogen and oxygen atoms in total. The minimum absolute atomic E-state index is 0.244. The Morgan fingerprint density at radius 1 is 1.45 bits per heavy atom. The molecule has 1 heterocycles. The maximum Gasteiger partial charge on any atom is 0.443 e. The van der Waals surface area contributed by atoms with Crippen molar-refractivity contribution in [1.82, 2.24) is 10.3 Å². The molecule has 1 N–H and O–H groups in total. The van der Waals surface area contributed by atoms with E-state index >= 15 is 0 Å². The lowest BCUT2D eigenvalue weighted by Gasteiger charge is -2.02. The van der Waals surface area contributed by atoms with E-state index in [0.29, 0.717) is 27.8 Å². The van der Waals surface area contributed by atoms with Gasteiger partial charge in [-0.2, -0.15) is 18.4 Å². The van der Waals surface area contributed by atoms with Crippen LogP contribution in [0.1, 0.15) is 5.01 Å². The van der Waals surface area contributed by atoms with Gasteiger partial charge in [-0.3, -0.25) is 5.32 Å². The summed E-state index contributed by atoms with van der Waals surface area (Å²) in [4.78, 5) is 7.81. The number of thiazole rings is 1. The first-order valence-corrected chi connectivity index (χ1v) is 7.95. The van der Waals surface area contributed by atoms with Gasteiger partial charge >= 0.3 is 6.18 Å². The summed E-state index contributed by atoms with van der Waals surface area (Å²) in [7, 11) is 0. The van der Waals surface area contributed by atoms with E-state index in [2.05, 4.69) is 15.3 Å². The largest absolute Gasteiger partial charge is 0.443 e. The summed E-state index contributed by atoms with van der Waals surface area (Å²) in [5.74, 6) is 0. The zero-order chi connectivity index (χ0) is 16.2. The Bertz CT molecular complexity index is 731. The Kier molecular flexibility index (Phi) is 5.05. The minimum atomic E-state index is -4.44. The average molecular weight is 342 g/mol. The second kappa shape index (κ2) is 6.81. The van der Waals surface area contributed by atoms with Crippen molar-refractivity contribution >= 4 is 34.0 Å². The second-order valence-corrected chi connectivity index (χ2v) is 5.60. The van der Waals surface area contributed by atoms with E-state index in [0.717, 1.165) is 0 Å². The third-order valence-electron chi connectivity index (χ3n) is 2.48. The van der Waals surface area contributed by atoms with E-state index in [4.69, 9.17) is 5.26 Å². The van der Waals surface area contributed by atoms with Gasteiger partial charge in [0.25, 0.3) is 0 Å². The van der Waals surface area contributed by atoms with Crippen LogP contribution in [0.5, 0.6) is 0 Å². The van der Waals surface area contributed by atoms with Gasteiger partial charge in [-0.1, -0.05) is 23.9 Å². The van der Waals surface area contributed by atoms with Gasteiger partial charge in [0.15, 0.2) is 16.4 Å². The third kappa shape index (κ3) is 3.99. The van der Waals surface area contributed by atoms with Crippen molar-refractivity contribution in [3.63, 3.8) is 0 Å². The maximum absolute atomic E-state index is 12.6. The summed E-state index contributed by atoms with van der Waals surface area (Å²) in [6.45, 7) is 0. The highest BCUT2D eigenvalue weighted by atomic mass is 32.2. The van der Waals surface area contributed by atoms with Gasteiger partial charge in [0, 0.05) is 10.9 Å². The summed E-state index contributed by atoms with van der Waals surface area (Å²) < 4.78 is 37.7. The van der Waals surface area contributed by atoms with Crippen LogP contribution < -0.4 is 5.32 Å². The first-order valence-electron chi connectivity index (χ1n) is 5.85. The molecule has 0 aliphatic rings. The van der Waals surface area contributed by atoms with Crippen LogP contribution in [0.15, 0.2) is 34.6 Å². The summed E-state index contributed by atoms with van der Waals surface area (Å²) in [5.41, 5.74) is 1.30. The lowest BCUT2D eigenvalue weighted by molar-refractivity contribution is -0.137. The molecule has 0 amide bonds. The zero-order valence-electron chi connectivity index (χ0n) is 11.2. The second-order valence-electron chi connectivity index (χ2n) is 3.94. The molecule has 0 aliphatic heterocycles. The molecule has 2 rings (SSSR count). The van der Waals surface area contributed by atoms with Crippen LogP contribution in [0, 0.1) is 11.5 Å². The Hall–Kier alpha value is -2.05. The standard InChI is InChI=1S/C13H9F3N4S2/c1-21-12(18-7-17)19-9-4-2-3-8(5-9)10-6-22-11(20-10)13(14,15)16/h2-6H,1H3,(H,18,19). The monoisotopic (exact) mass is 342 g/mol. The van der Waals surface area contributed by atoms with Gasteiger partial charge in [0.05, 0.1) is 11.4 Å². The van der Waals surface area contributed by atoms with Crippen LogP contribution in [0.25, 0.3) is 11.3 Å². The molecule has 0 saturated heterocycles. The first-order chi connectivity index (χ1) is 10.4. The fraction of sp³-hybridized carbons (Fsp3) is 0.154. The predicted molar refractivity (Wildman–Crippen MR) is 81.9 cm³/mol. The summed E-state index contributed by atoms with van der Waals surface area (Å²) in [5, 5.41) is 11.9. The van der Waals surface area contributed by atoms with Gasteiger partial charge in [-0.15, -0.1) is 11.3 Å². The van der Waals surface area contributed by atoms with E-state index < -0.39 is 11.2 Å². The molecule has 22 heavy (non-hydrogen) atoms. The molecule has 0 unspecified atom stereocenters. The molecule has 0 bridgehead atoms. The van der Waals surface area contributed by atoms with Gasteiger partial charge in [-0.05, 0) is 18.4 Å². The SMILES string of the molecule is CSC(=Nc1cccc(-c2csc(C(F)(F)F)n2)c1)NC#N. The number of nitriles is 1.